The van der Waals surface area contributed by atoms with E-state index in [4.69, 9.17) is 9.47 Å². The van der Waals surface area contributed by atoms with Crippen molar-refractivity contribution in [1.82, 2.24) is 20.6 Å². The van der Waals surface area contributed by atoms with E-state index < -0.39 is 0 Å². The van der Waals surface area contributed by atoms with Crippen LogP contribution in [0.4, 0.5) is 0 Å². The molecule has 0 amide bonds. The Morgan fingerprint density at radius 3 is 1.95 bits per heavy atom. The van der Waals surface area contributed by atoms with Crippen LogP contribution in [0, 0.1) is 0 Å². The fraction of sp³-hybridized carbons (Fsp3) is 0.733. The molecular weight excluding hydrogens is 300 g/mol. The van der Waals surface area contributed by atoms with Gasteiger partial charge in [0.2, 0.25) is 11.8 Å². The first-order valence-corrected chi connectivity index (χ1v) is 9.24. The van der Waals surface area contributed by atoms with Gasteiger partial charge < -0.3 is 20.1 Å². The Morgan fingerprint density at radius 1 is 1.00 bits per heavy atom. The van der Waals surface area contributed by atoms with E-state index in [2.05, 4.69) is 20.6 Å². The van der Waals surface area contributed by atoms with Crippen LogP contribution in [0.5, 0.6) is 11.8 Å². The second-order valence-electron chi connectivity index (χ2n) is 5.70. The van der Waals surface area contributed by atoms with Crippen molar-refractivity contribution >= 4 is 11.8 Å². The summed E-state index contributed by atoms with van der Waals surface area (Å²) in [5.41, 5.74) is 0. The first-order valence-electron chi connectivity index (χ1n) is 8.01. The molecule has 6 nitrogen and oxygen atoms in total. The molecule has 1 aromatic rings. The molecule has 3 heterocycles. The van der Waals surface area contributed by atoms with Gasteiger partial charge in [-0.05, 0) is 45.0 Å². The SMILES string of the molecule is CSc1nc(O[C@@H]2CCCNC2)cc(O[C@@H]2CCCNC2)n1. The largest absolute Gasteiger partial charge is 0.473 e. The van der Waals surface area contributed by atoms with Crippen LogP contribution in [0.1, 0.15) is 25.7 Å². The van der Waals surface area contributed by atoms with Crippen LogP contribution in [0.3, 0.4) is 0 Å². The number of thioether (sulfide) groups is 1. The minimum Gasteiger partial charge on any atom is -0.473 e. The summed E-state index contributed by atoms with van der Waals surface area (Å²) in [5, 5.41) is 7.40. The van der Waals surface area contributed by atoms with Crippen LogP contribution in [0.25, 0.3) is 0 Å². The molecule has 1 aromatic heterocycles. The third-order valence-electron chi connectivity index (χ3n) is 3.92. The lowest BCUT2D eigenvalue weighted by Gasteiger charge is -2.25. The average Bonchev–Trinajstić information content (AvgIpc) is 2.56. The van der Waals surface area contributed by atoms with Crippen LogP contribution in [0.2, 0.25) is 0 Å². The van der Waals surface area contributed by atoms with Crippen LogP contribution >= 0.6 is 11.8 Å². The summed E-state index contributed by atoms with van der Waals surface area (Å²) >= 11 is 1.51. The Morgan fingerprint density at radius 2 is 1.55 bits per heavy atom. The van der Waals surface area contributed by atoms with Gasteiger partial charge >= 0.3 is 0 Å². The first-order chi connectivity index (χ1) is 10.8. The summed E-state index contributed by atoms with van der Waals surface area (Å²) in [6.45, 7) is 3.90. The second kappa shape index (κ2) is 7.99. The topological polar surface area (TPSA) is 68.3 Å². The monoisotopic (exact) mass is 324 g/mol. The van der Waals surface area contributed by atoms with Gasteiger partial charge in [0.1, 0.15) is 12.2 Å². The summed E-state index contributed by atoms with van der Waals surface area (Å²) < 4.78 is 12.0. The number of rotatable bonds is 5. The lowest BCUT2D eigenvalue weighted by atomic mass is 10.1. The Balaban J connectivity index is 1.67. The number of aromatic nitrogens is 2. The van der Waals surface area contributed by atoms with Gasteiger partial charge in [0.15, 0.2) is 5.16 Å². The van der Waals surface area contributed by atoms with Crippen molar-refractivity contribution < 1.29 is 9.47 Å². The molecule has 0 spiro atoms. The van der Waals surface area contributed by atoms with Crippen molar-refractivity contribution in [3.05, 3.63) is 6.07 Å². The zero-order chi connectivity index (χ0) is 15.2. The van der Waals surface area contributed by atoms with Crippen molar-refractivity contribution in [2.45, 2.75) is 43.0 Å². The Bertz CT molecular complexity index is 438. The molecule has 122 valence electrons. The molecule has 0 bridgehead atoms. The van der Waals surface area contributed by atoms with E-state index in [0.29, 0.717) is 16.9 Å². The molecule has 2 saturated heterocycles. The predicted molar refractivity (Wildman–Crippen MR) is 86.9 cm³/mol. The van der Waals surface area contributed by atoms with Crippen molar-refractivity contribution in [1.29, 1.82) is 0 Å². The van der Waals surface area contributed by atoms with E-state index in [1.807, 2.05) is 12.3 Å². The number of hydrogen-bond acceptors (Lipinski definition) is 7. The van der Waals surface area contributed by atoms with Crippen molar-refractivity contribution in [3.8, 4) is 11.8 Å². The number of ether oxygens (including phenoxy) is 2. The van der Waals surface area contributed by atoms with E-state index in [-0.39, 0.29) is 12.2 Å². The fourth-order valence-corrected chi connectivity index (χ4v) is 3.14. The molecular formula is C15H24N4O2S. The van der Waals surface area contributed by atoms with Gasteiger partial charge in [0.25, 0.3) is 0 Å². The molecule has 2 fully saturated rings. The lowest BCUT2D eigenvalue weighted by molar-refractivity contribution is 0.146. The predicted octanol–water partition coefficient (Wildman–Crippen LogP) is 1.46. The van der Waals surface area contributed by atoms with E-state index in [1.54, 1.807) is 0 Å². The van der Waals surface area contributed by atoms with Crippen molar-refractivity contribution in [2.24, 2.45) is 0 Å². The molecule has 0 unspecified atom stereocenters. The van der Waals surface area contributed by atoms with E-state index in [0.717, 1.165) is 51.9 Å². The Kier molecular flexibility index (Phi) is 5.75. The smallest absolute Gasteiger partial charge is 0.221 e. The molecule has 22 heavy (non-hydrogen) atoms. The molecule has 2 N–H and O–H groups in total. The van der Waals surface area contributed by atoms with Gasteiger partial charge in [-0.1, -0.05) is 11.8 Å². The van der Waals surface area contributed by atoms with E-state index >= 15 is 0 Å². The maximum absolute atomic E-state index is 6.01. The highest BCUT2D eigenvalue weighted by atomic mass is 32.2. The minimum absolute atomic E-state index is 0.183. The molecule has 2 aliphatic heterocycles. The number of piperidine rings is 2. The summed E-state index contributed by atoms with van der Waals surface area (Å²) in [6, 6.07) is 1.82. The van der Waals surface area contributed by atoms with Gasteiger partial charge in [0.05, 0.1) is 6.07 Å². The van der Waals surface area contributed by atoms with Crippen molar-refractivity contribution in [3.63, 3.8) is 0 Å². The molecule has 0 saturated carbocycles. The molecule has 2 atom stereocenters. The van der Waals surface area contributed by atoms with E-state index in [1.165, 1.54) is 11.8 Å². The summed E-state index contributed by atoms with van der Waals surface area (Å²) in [6.07, 6.45) is 6.74. The number of nitrogens with zero attached hydrogens (tertiary/aromatic N) is 2. The lowest BCUT2D eigenvalue weighted by Crippen LogP contribution is -2.38. The normalized spacial score (nSPS) is 25.7. The van der Waals surface area contributed by atoms with Gasteiger partial charge in [-0.3, -0.25) is 0 Å². The summed E-state index contributed by atoms with van der Waals surface area (Å²) in [7, 11) is 0. The molecule has 3 rings (SSSR count). The van der Waals surface area contributed by atoms with Gasteiger partial charge in [-0.15, -0.1) is 0 Å². The third-order valence-corrected chi connectivity index (χ3v) is 4.47. The second-order valence-corrected chi connectivity index (χ2v) is 6.48. The summed E-state index contributed by atoms with van der Waals surface area (Å²) in [5.74, 6) is 1.23. The first kappa shape index (κ1) is 15.8. The Labute approximate surface area is 135 Å². The van der Waals surface area contributed by atoms with Gasteiger partial charge in [-0.2, -0.15) is 9.97 Å². The maximum atomic E-state index is 6.01. The molecule has 0 aromatic carbocycles. The molecule has 7 heteroatoms. The standard InChI is InChI=1S/C15H24N4O2S/c1-22-15-18-13(20-11-4-2-6-16-9-11)8-14(19-15)21-12-5-3-7-17-10-12/h8,11-12,16-17H,2-7,9-10H2,1H3/t11-,12-/m1/s1. The van der Waals surface area contributed by atoms with Crippen molar-refractivity contribution in [2.75, 3.05) is 32.4 Å². The van der Waals surface area contributed by atoms with Crippen LogP contribution in [0.15, 0.2) is 11.2 Å². The van der Waals surface area contributed by atoms with Crippen LogP contribution in [-0.2, 0) is 0 Å². The highest BCUT2D eigenvalue weighted by Gasteiger charge is 2.19. The van der Waals surface area contributed by atoms with E-state index in [9.17, 15) is 0 Å². The molecule has 0 radical (unpaired) electrons. The zero-order valence-corrected chi connectivity index (χ0v) is 13.8. The molecule has 0 aliphatic carbocycles. The van der Waals surface area contributed by atoms with Gasteiger partial charge in [-0.25, -0.2) is 0 Å². The highest BCUT2D eigenvalue weighted by molar-refractivity contribution is 7.98. The fourth-order valence-electron chi connectivity index (χ4n) is 2.78. The minimum atomic E-state index is 0.183. The number of hydrogen-bond donors (Lipinski definition) is 2. The zero-order valence-electron chi connectivity index (χ0n) is 13.0. The Hall–Kier alpha value is -1.05. The average molecular weight is 324 g/mol. The third kappa shape index (κ3) is 4.47. The van der Waals surface area contributed by atoms with Crippen LogP contribution in [-0.4, -0.2) is 54.6 Å². The molecule has 2 aliphatic rings. The van der Waals surface area contributed by atoms with Gasteiger partial charge in [0, 0.05) is 13.1 Å². The summed E-state index contributed by atoms with van der Waals surface area (Å²) in [4.78, 5) is 8.89. The maximum Gasteiger partial charge on any atom is 0.221 e. The number of nitrogens with one attached hydrogen (secondary N) is 2. The van der Waals surface area contributed by atoms with Crippen LogP contribution < -0.4 is 20.1 Å². The highest BCUT2D eigenvalue weighted by Crippen LogP contribution is 2.24. The quantitative estimate of drug-likeness (QED) is 0.628.